The van der Waals surface area contributed by atoms with E-state index in [1.807, 2.05) is 31.2 Å². The van der Waals surface area contributed by atoms with Gasteiger partial charge < -0.3 is 8.92 Å². The lowest BCUT2D eigenvalue weighted by Crippen LogP contribution is -2.11. The van der Waals surface area contributed by atoms with E-state index in [0.717, 1.165) is 17.2 Å². The Bertz CT molecular complexity index is 1250. The number of pyridine rings is 1. The molecule has 0 saturated heterocycles. The zero-order chi connectivity index (χ0) is 19.6. The molecule has 0 radical (unpaired) electrons. The van der Waals surface area contributed by atoms with E-state index in [1.54, 1.807) is 42.6 Å². The van der Waals surface area contributed by atoms with E-state index < -0.39 is 10.1 Å². The van der Waals surface area contributed by atoms with Gasteiger partial charge in [0.2, 0.25) is 0 Å². The van der Waals surface area contributed by atoms with Crippen molar-refractivity contribution >= 4 is 31.8 Å². The predicted octanol–water partition coefficient (Wildman–Crippen LogP) is 4.94. The number of ether oxygens (including phenoxy) is 1. The lowest BCUT2D eigenvalue weighted by Gasteiger charge is -2.13. The highest BCUT2D eigenvalue weighted by atomic mass is 32.2. The van der Waals surface area contributed by atoms with Crippen LogP contribution < -0.4 is 8.92 Å². The summed E-state index contributed by atoms with van der Waals surface area (Å²) in [5.74, 6) is 0.858. The molecule has 0 atom stereocenters. The molecular formula is C22H19NO4S. The highest BCUT2D eigenvalue weighted by Gasteiger charge is 2.22. The minimum absolute atomic E-state index is 0.0971. The fourth-order valence-electron chi connectivity index (χ4n) is 3.11. The predicted molar refractivity (Wildman–Crippen MR) is 109 cm³/mol. The summed E-state index contributed by atoms with van der Waals surface area (Å²) in [6, 6.07) is 19.3. The molecule has 142 valence electrons. The summed E-state index contributed by atoms with van der Waals surface area (Å²) >= 11 is 0. The molecule has 1 heterocycles. The van der Waals surface area contributed by atoms with Crippen molar-refractivity contribution in [3.63, 3.8) is 0 Å². The van der Waals surface area contributed by atoms with E-state index in [-0.39, 0.29) is 10.6 Å². The van der Waals surface area contributed by atoms with E-state index in [4.69, 9.17) is 8.92 Å². The van der Waals surface area contributed by atoms with Crippen molar-refractivity contribution in [2.75, 3.05) is 6.61 Å². The van der Waals surface area contributed by atoms with Crippen LogP contribution in [0.1, 0.15) is 13.3 Å². The van der Waals surface area contributed by atoms with Gasteiger partial charge in [-0.05, 0) is 30.7 Å². The number of fused-ring (bicyclic) bond motifs is 2. The van der Waals surface area contributed by atoms with Crippen molar-refractivity contribution in [3.05, 3.63) is 72.9 Å². The molecule has 4 rings (SSSR count). The molecule has 0 bridgehead atoms. The average Bonchev–Trinajstić information content (AvgIpc) is 2.72. The summed E-state index contributed by atoms with van der Waals surface area (Å²) in [5, 5.41) is 2.10. The molecule has 0 aliphatic heterocycles. The lowest BCUT2D eigenvalue weighted by molar-refractivity contribution is 0.321. The molecular weight excluding hydrogens is 374 g/mol. The standard InChI is InChI=1S/C22H19NO4S/c1-2-15-26-19-12-13-21(18-10-4-3-9-17(18)19)28(24,25)27-20-11-5-7-16-8-6-14-23-22(16)20/h3-14H,2,15H2,1H3. The van der Waals surface area contributed by atoms with Crippen molar-refractivity contribution in [2.24, 2.45) is 0 Å². The molecule has 0 aliphatic rings. The zero-order valence-corrected chi connectivity index (χ0v) is 16.1. The SMILES string of the molecule is CCCOc1ccc(S(=O)(=O)Oc2cccc3cccnc23)c2ccccc12. The first-order valence-electron chi connectivity index (χ1n) is 9.03. The summed E-state index contributed by atoms with van der Waals surface area (Å²) in [6.07, 6.45) is 2.47. The topological polar surface area (TPSA) is 65.5 Å². The third kappa shape index (κ3) is 3.39. The minimum Gasteiger partial charge on any atom is -0.493 e. The number of rotatable bonds is 6. The molecule has 6 heteroatoms. The molecule has 0 N–H and O–H groups in total. The Balaban J connectivity index is 1.80. The van der Waals surface area contributed by atoms with Gasteiger partial charge in [-0.3, -0.25) is 4.98 Å². The Morgan fingerprint density at radius 2 is 1.64 bits per heavy atom. The van der Waals surface area contributed by atoms with E-state index in [2.05, 4.69) is 4.98 Å². The van der Waals surface area contributed by atoms with Crippen LogP contribution in [0, 0.1) is 0 Å². The van der Waals surface area contributed by atoms with Gasteiger partial charge in [0.1, 0.15) is 16.2 Å². The number of hydrogen-bond donors (Lipinski definition) is 0. The van der Waals surface area contributed by atoms with Crippen LogP contribution in [0.25, 0.3) is 21.7 Å². The molecule has 0 unspecified atom stereocenters. The number of benzene rings is 3. The maximum absolute atomic E-state index is 13.1. The van der Waals surface area contributed by atoms with Crippen molar-refractivity contribution in [2.45, 2.75) is 18.2 Å². The number of aromatic nitrogens is 1. The fourth-order valence-corrected chi connectivity index (χ4v) is 4.25. The Morgan fingerprint density at radius 3 is 2.46 bits per heavy atom. The molecule has 0 amide bonds. The lowest BCUT2D eigenvalue weighted by atomic mass is 10.1. The van der Waals surface area contributed by atoms with Crippen LogP contribution in [0.5, 0.6) is 11.5 Å². The normalized spacial score (nSPS) is 11.6. The third-order valence-electron chi connectivity index (χ3n) is 4.37. The second kappa shape index (κ2) is 7.48. The van der Waals surface area contributed by atoms with Gasteiger partial charge in [0.25, 0.3) is 0 Å². The number of hydrogen-bond acceptors (Lipinski definition) is 5. The Kier molecular flexibility index (Phi) is 4.88. The highest BCUT2D eigenvalue weighted by Crippen LogP contribution is 2.33. The Morgan fingerprint density at radius 1 is 0.857 bits per heavy atom. The second-order valence-electron chi connectivity index (χ2n) is 6.32. The van der Waals surface area contributed by atoms with Gasteiger partial charge in [0.15, 0.2) is 5.75 Å². The molecule has 0 aliphatic carbocycles. The van der Waals surface area contributed by atoms with Crippen molar-refractivity contribution in [3.8, 4) is 11.5 Å². The minimum atomic E-state index is -4.06. The van der Waals surface area contributed by atoms with E-state index >= 15 is 0 Å². The van der Waals surface area contributed by atoms with Gasteiger partial charge in [-0.1, -0.05) is 49.4 Å². The Hall–Kier alpha value is -3.12. The van der Waals surface area contributed by atoms with Gasteiger partial charge in [-0.25, -0.2) is 0 Å². The molecule has 0 saturated carbocycles. The molecule has 0 fully saturated rings. The van der Waals surface area contributed by atoms with Crippen LogP contribution in [-0.2, 0) is 10.1 Å². The fraction of sp³-hybridized carbons (Fsp3) is 0.136. The maximum Gasteiger partial charge on any atom is 0.339 e. The van der Waals surface area contributed by atoms with Crippen LogP contribution >= 0.6 is 0 Å². The van der Waals surface area contributed by atoms with E-state index in [0.29, 0.717) is 23.3 Å². The van der Waals surface area contributed by atoms with Gasteiger partial charge in [0, 0.05) is 22.4 Å². The average molecular weight is 393 g/mol. The van der Waals surface area contributed by atoms with Crippen molar-refractivity contribution < 1.29 is 17.3 Å². The monoisotopic (exact) mass is 393 g/mol. The molecule has 1 aromatic heterocycles. The van der Waals surface area contributed by atoms with E-state index in [1.165, 1.54) is 6.07 Å². The number of para-hydroxylation sites is 1. The van der Waals surface area contributed by atoms with E-state index in [9.17, 15) is 8.42 Å². The van der Waals surface area contributed by atoms with Crippen LogP contribution in [-0.4, -0.2) is 20.0 Å². The molecule has 5 nitrogen and oxygen atoms in total. The summed E-state index contributed by atoms with van der Waals surface area (Å²) in [5.41, 5.74) is 0.501. The summed E-state index contributed by atoms with van der Waals surface area (Å²) in [7, 11) is -4.06. The summed E-state index contributed by atoms with van der Waals surface area (Å²) in [4.78, 5) is 4.36. The quantitative estimate of drug-likeness (QED) is 0.434. The second-order valence-corrected chi connectivity index (χ2v) is 7.84. The van der Waals surface area contributed by atoms with Gasteiger partial charge in [-0.2, -0.15) is 8.42 Å². The number of nitrogens with zero attached hydrogens (tertiary/aromatic N) is 1. The smallest absolute Gasteiger partial charge is 0.339 e. The maximum atomic E-state index is 13.1. The summed E-state index contributed by atoms with van der Waals surface area (Å²) < 4.78 is 37.5. The molecule has 0 spiro atoms. The Labute approximate surface area is 163 Å². The largest absolute Gasteiger partial charge is 0.493 e. The summed E-state index contributed by atoms with van der Waals surface area (Å²) in [6.45, 7) is 2.58. The van der Waals surface area contributed by atoms with Gasteiger partial charge in [-0.15, -0.1) is 0 Å². The highest BCUT2D eigenvalue weighted by molar-refractivity contribution is 7.87. The van der Waals surface area contributed by atoms with Crippen LogP contribution in [0.2, 0.25) is 0 Å². The molecule has 4 aromatic rings. The first-order chi connectivity index (χ1) is 13.6. The van der Waals surface area contributed by atoms with Crippen LogP contribution in [0.4, 0.5) is 0 Å². The molecule has 3 aromatic carbocycles. The zero-order valence-electron chi connectivity index (χ0n) is 15.3. The van der Waals surface area contributed by atoms with Crippen molar-refractivity contribution in [1.82, 2.24) is 4.98 Å². The first-order valence-corrected chi connectivity index (χ1v) is 10.4. The van der Waals surface area contributed by atoms with Crippen LogP contribution in [0.15, 0.2) is 77.8 Å². The van der Waals surface area contributed by atoms with Crippen LogP contribution in [0.3, 0.4) is 0 Å². The molecule has 28 heavy (non-hydrogen) atoms. The third-order valence-corrected chi connectivity index (χ3v) is 5.66. The van der Waals surface area contributed by atoms with Crippen molar-refractivity contribution in [1.29, 1.82) is 0 Å². The first kappa shape index (κ1) is 18.3. The van der Waals surface area contributed by atoms with Gasteiger partial charge in [0.05, 0.1) is 6.61 Å². The van der Waals surface area contributed by atoms with Gasteiger partial charge >= 0.3 is 10.1 Å².